The summed E-state index contributed by atoms with van der Waals surface area (Å²) in [4.78, 5) is 2.25. The third-order valence-electron chi connectivity index (χ3n) is 3.59. The minimum Gasteiger partial charge on any atom is -0.366 e. The molecule has 2 unspecified atom stereocenters. The summed E-state index contributed by atoms with van der Waals surface area (Å²) in [7, 11) is 0. The first kappa shape index (κ1) is 14.6. The molecule has 1 saturated heterocycles. The molecule has 0 saturated carbocycles. The van der Waals surface area contributed by atoms with Crippen LogP contribution in [0, 0.1) is 0 Å². The van der Waals surface area contributed by atoms with Gasteiger partial charge in [-0.05, 0) is 38.5 Å². The molecule has 3 nitrogen and oxygen atoms in total. The molecule has 1 heterocycles. The van der Waals surface area contributed by atoms with Crippen LogP contribution in [0.2, 0.25) is 5.02 Å². The quantitative estimate of drug-likeness (QED) is 0.922. The molecule has 1 fully saturated rings. The minimum atomic E-state index is -0.744. The highest BCUT2D eigenvalue weighted by Crippen LogP contribution is 2.35. The molecule has 106 valence electrons. The zero-order valence-electron chi connectivity index (χ0n) is 11.8. The van der Waals surface area contributed by atoms with E-state index in [-0.39, 0.29) is 11.6 Å². The Kier molecular flexibility index (Phi) is 4.39. The molecular formula is C15H22ClNO2. The monoisotopic (exact) mass is 283 g/mol. The van der Waals surface area contributed by atoms with Gasteiger partial charge in [-0.15, -0.1) is 0 Å². The molecule has 4 heteroatoms. The van der Waals surface area contributed by atoms with Gasteiger partial charge < -0.3 is 14.7 Å². The van der Waals surface area contributed by atoms with Gasteiger partial charge in [0.2, 0.25) is 0 Å². The first-order chi connectivity index (χ1) is 8.95. The van der Waals surface area contributed by atoms with Gasteiger partial charge in [-0.2, -0.15) is 0 Å². The van der Waals surface area contributed by atoms with Crippen LogP contribution in [0.4, 0.5) is 5.69 Å². The second-order valence-electron chi connectivity index (χ2n) is 5.72. The fraction of sp³-hybridized carbons (Fsp3) is 0.600. The number of aliphatic hydroxyl groups is 1. The summed E-state index contributed by atoms with van der Waals surface area (Å²) >= 11 is 6.10. The fourth-order valence-electron chi connectivity index (χ4n) is 2.78. The Balaban J connectivity index is 2.39. The molecule has 0 aliphatic carbocycles. The molecule has 2 rings (SSSR count). The van der Waals surface area contributed by atoms with Crippen molar-refractivity contribution in [2.45, 2.75) is 51.5 Å². The molecule has 19 heavy (non-hydrogen) atoms. The summed E-state index contributed by atoms with van der Waals surface area (Å²) in [5.41, 5.74) is 0.877. The summed E-state index contributed by atoms with van der Waals surface area (Å²) < 4.78 is 5.52. The van der Waals surface area contributed by atoms with Gasteiger partial charge in [0.1, 0.15) is 0 Å². The maximum Gasteiger partial charge on any atom is 0.175 e. The van der Waals surface area contributed by atoms with Crippen molar-refractivity contribution in [3.8, 4) is 0 Å². The Bertz CT molecular complexity index is 436. The molecule has 0 spiro atoms. The van der Waals surface area contributed by atoms with Crippen LogP contribution in [0.5, 0.6) is 0 Å². The van der Waals surface area contributed by atoms with Crippen molar-refractivity contribution in [2.75, 3.05) is 11.5 Å². The summed E-state index contributed by atoms with van der Waals surface area (Å²) in [6.45, 7) is 6.87. The van der Waals surface area contributed by atoms with E-state index >= 15 is 0 Å². The SMILES string of the molecule is CCCC1C(O)OCC(C)(C)N1c1cccc(Cl)c1. The molecule has 1 aliphatic heterocycles. The molecule has 1 aliphatic rings. The van der Waals surface area contributed by atoms with Crippen LogP contribution in [-0.2, 0) is 4.74 Å². The van der Waals surface area contributed by atoms with Gasteiger partial charge in [0.15, 0.2) is 6.29 Å². The van der Waals surface area contributed by atoms with Crippen LogP contribution < -0.4 is 4.90 Å². The lowest BCUT2D eigenvalue weighted by Gasteiger charge is -2.51. The van der Waals surface area contributed by atoms with Crippen molar-refractivity contribution in [3.05, 3.63) is 29.3 Å². The highest BCUT2D eigenvalue weighted by atomic mass is 35.5. The largest absolute Gasteiger partial charge is 0.366 e. The molecule has 0 radical (unpaired) electrons. The van der Waals surface area contributed by atoms with Gasteiger partial charge in [-0.3, -0.25) is 0 Å². The average molecular weight is 284 g/mol. The van der Waals surface area contributed by atoms with Crippen molar-refractivity contribution in [1.82, 2.24) is 0 Å². The Morgan fingerprint density at radius 3 is 2.84 bits per heavy atom. The number of aliphatic hydroxyl groups excluding tert-OH is 1. The van der Waals surface area contributed by atoms with Gasteiger partial charge in [0.05, 0.1) is 18.2 Å². The van der Waals surface area contributed by atoms with Crippen LogP contribution in [-0.4, -0.2) is 29.6 Å². The standard InChI is InChI=1S/C15H22ClNO2/c1-4-6-13-14(18)19-10-15(2,3)17(13)12-8-5-7-11(16)9-12/h5,7-9,13-14,18H,4,6,10H2,1-3H3. The number of ether oxygens (including phenoxy) is 1. The number of hydrogen-bond donors (Lipinski definition) is 1. The molecule has 0 bridgehead atoms. The van der Waals surface area contributed by atoms with Crippen molar-refractivity contribution < 1.29 is 9.84 Å². The maximum absolute atomic E-state index is 10.1. The number of morpholine rings is 1. The van der Waals surface area contributed by atoms with E-state index in [9.17, 15) is 5.11 Å². The number of anilines is 1. The van der Waals surface area contributed by atoms with E-state index in [4.69, 9.17) is 16.3 Å². The molecule has 1 aromatic carbocycles. The van der Waals surface area contributed by atoms with Crippen LogP contribution in [0.15, 0.2) is 24.3 Å². The summed E-state index contributed by atoms with van der Waals surface area (Å²) in [5, 5.41) is 10.8. The second-order valence-corrected chi connectivity index (χ2v) is 6.16. The molecule has 1 N–H and O–H groups in total. The zero-order chi connectivity index (χ0) is 14.0. The van der Waals surface area contributed by atoms with Gasteiger partial charge in [-0.25, -0.2) is 0 Å². The number of halogens is 1. The predicted molar refractivity (Wildman–Crippen MR) is 78.7 cm³/mol. The average Bonchev–Trinajstić information content (AvgIpc) is 2.34. The highest BCUT2D eigenvalue weighted by molar-refractivity contribution is 6.30. The lowest BCUT2D eigenvalue weighted by atomic mass is 9.94. The smallest absolute Gasteiger partial charge is 0.175 e. The van der Waals surface area contributed by atoms with Gasteiger partial charge in [-0.1, -0.05) is 31.0 Å². The molecule has 0 amide bonds. The molecule has 1 aromatic rings. The van der Waals surface area contributed by atoms with Crippen molar-refractivity contribution in [3.63, 3.8) is 0 Å². The van der Waals surface area contributed by atoms with Crippen LogP contribution >= 0.6 is 11.6 Å². The molecule has 0 aromatic heterocycles. The van der Waals surface area contributed by atoms with Crippen molar-refractivity contribution in [2.24, 2.45) is 0 Å². The van der Waals surface area contributed by atoms with Gasteiger partial charge in [0, 0.05) is 10.7 Å². The van der Waals surface area contributed by atoms with E-state index in [1.165, 1.54) is 0 Å². The minimum absolute atomic E-state index is 0.0350. The first-order valence-corrected chi connectivity index (χ1v) is 7.18. The van der Waals surface area contributed by atoms with E-state index in [1.54, 1.807) is 0 Å². The van der Waals surface area contributed by atoms with Crippen molar-refractivity contribution in [1.29, 1.82) is 0 Å². The summed E-state index contributed by atoms with van der Waals surface area (Å²) in [6, 6.07) is 7.76. The third-order valence-corrected chi connectivity index (χ3v) is 3.83. The fourth-order valence-corrected chi connectivity index (χ4v) is 2.97. The highest BCUT2D eigenvalue weighted by Gasteiger charge is 2.41. The Morgan fingerprint density at radius 1 is 1.47 bits per heavy atom. The van der Waals surface area contributed by atoms with E-state index in [0.29, 0.717) is 11.6 Å². The Labute approximate surface area is 120 Å². The lowest BCUT2D eigenvalue weighted by molar-refractivity contribution is -0.153. The van der Waals surface area contributed by atoms with E-state index in [0.717, 1.165) is 18.5 Å². The van der Waals surface area contributed by atoms with E-state index in [2.05, 4.69) is 25.7 Å². The number of benzene rings is 1. The van der Waals surface area contributed by atoms with Crippen LogP contribution in [0.1, 0.15) is 33.6 Å². The predicted octanol–water partition coefficient (Wildman–Crippen LogP) is 3.44. The Morgan fingerprint density at radius 2 is 2.21 bits per heavy atom. The molecule has 2 atom stereocenters. The van der Waals surface area contributed by atoms with Gasteiger partial charge in [0.25, 0.3) is 0 Å². The van der Waals surface area contributed by atoms with E-state index in [1.807, 2.05) is 24.3 Å². The molecular weight excluding hydrogens is 262 g/mol. The van der Waals surface area contributed by atoms with Crippen LogP contribution in [0.25, 0.3) is 0 Å². The number of rotatable bonds is 3. The third kappa shape index (κ3) is 3.04. The topological polar surface area (TPSA) is 32.7 Å². The van der Waals surface area contributed by atoms with Crippen molar-refractivity contribution >= 4 is 17.3 Å². The Hall–Kier alpha value is -0.770. The first-order valence-electron chi connectivity index (χ1n) is 6.80. The van der Waals surface area contributed by atoms with Crippen LogP contribution in [0.3, 0.4) is 0 Å². The van der Waals surface area contributed by atoms with Gasteiger partial charge >= 0.3 is 0 Å². The lowest BCUT2D eigenvalue weighted by Crippen LogP contribution is -2.62. The zero-order valence-corrected chi connectivity index (χ0v) is 12.5. The summed E-state index contributed by atoms with van der Waals surface area (Å²) in [6.07, 6.45) is 1.14. The normalized spacial score (nSPS) is 26.5. The van der Waals surface area contributed by atoms with E-state index < -0.39 is 6.29 Å². The number of hydrogen-bond acceptors (Lipinski definition) is 3. The second kappa shape index (κ2) is 5.70. The maximum atomic E-state index is 10.1. The summed E-state index contributed by atoms with van der Waals surface area (Å²) in [5.74, 6) is 0. The number of nitrogens with zero attached hydrogens (tertiary/aromatic N) is 1.